The Kier molecular flexibility index (Phi) is 7.14. The lowest BCUT2D eigenvalue weighted by Gasteiger charge is -2.29. The Morgan fingerprint density at radius 1 is 1.14 bits per heavy atom. The molecule has 2 N–H and O–H groups in total. The van der Waals surface area contributed by atoms with Gasteiger partial charge in [-0.1, -0.05) is 43.3 Å². The molecule has 2 aromatic rings. The van der Waals surface area contributed by atoms with Gasteiger partial charge < -0.3 is 15.4 Å². The molecule has 0 fully saturated rings. The van der Waals surface area contributed by atoms with Crippen molar-refractivity contribution in [2.24, 2.45) is 4.99 Å². The van der Waals surface area contributed by atoms with Crippen LogP contribution in [-0.4, -0.2) is 39.3 Å². The number of guanidine groups is 1. The molecule has 0 radical (unpaired) electrons. The van der Waals surface area contributed by atoms with Crippen LogP contribution < -0.4 is 15.4 Å². The summed E-state index contributed by atoms with van der Waals surface area (Å²) in [5, 5.41) is 6.80. The topological polar surface area (TPSA) is 79.8 Å². The molecular formula is C22H29N3O3S. The molecule has 0 amide bonds. The highest BCUT2D eigenvalue weighted by atomic mass is 32.2. The minimum absolute atomic E-state index is 0.0162. The highest BCUT2D eigenvalue weighted by Crippen LogP contribution is 2.31. The molecule has 0 bridgehead atoms. The zero-order valence-corrected chi connectivity index (χ0v) is 17.8. The minimum atomic E-state index is -3.38. The van der Waals surface area contributed by atoms with Gasteiger partial charge in [-0.2, -0.15) is 0 Å². The van der Waals surface area contributed by atoms with Crippen molar-refractivity contribution in [3.05, 3.63) is 60.2 Å². The van der Waals surface area contributed by atoms with Crippen molar-refractivity contribution >= 4 is 15.8 Å². The van der Waals surface area contributed by atoms with Crippen molar-refractivity contribution < 1.29 is 13.2 Å². The molecule has 2 atom stereocenters. The normalized spacial score (nSPS) is 17.7. The van der Waals surface area contributed by atoms with Crippen LogP contribution in [0.1, 0.15) is 38.3 Å². The second-order valence-electron chi connectivity index (χ2n) is 7.04. The number of hydrogen-bond donors (Lipinski definition) is 2. The maximum atomic E-state index is 12.8. The molecule has 1 aliphatic heterocycles. The molecule has 1 heterocycles. The number of fused-ring (bicyclic) bond motifs is 1. The molecule has 2 unspecified atom stereocenters. The van der Waals surface area contributed by atoms with Gasteiger partial charge in [-0.3, -0.25) is 4.99 Å². The van der Waals surface area contributed by atoms with E-state index in [1.165, 1.54) is 0 Å². The average Bonchev–Trinajstić information content (AvgIpc) is 2.74. The van der Waals surface area contributed by atoms with E-state index in [-0.39, 0.29) is 17.8 Å². The monoisotopic (exact) mass is 415 g/mol. The van der Waals surface area contributed by atoms with Crippen LogP contribution in [0.3, 0.4) is 0 Å². The Bertz CT molecular complexity index is 929. The minimum Gasteiger partial charge on any atom is -0.493 e. The lowest BCUT2D eigenvalue weighted by atomic mass is 10.0. The van der Waals surface area contributed by atoms with Crippen LogP contribution in [0.2, 0.25) is 0 Å². The number of nitrogens with one attached hydrogen (secondary N) is 2. The van der Waals surface area contributed by atoms with Crippen molar-refractivity contribution in [1.29, 1.82) is 0 Å². The summed E-state index contributed by atoms with van der Waals surface area (Å²) in [6.45, 7) is 5.17. The second kappa shape index (κ2) is 9.78. The smallest absolute Gasteiger partial charge is 0.191 e. The predicted molar refractivity (Wildman–Crippen MR) is 116 cm³/mol. The van der Waals surface area contributed by atoms with Gasteiger partial charge in [-0.05, 0) is 31.5 Å². The first-order valence-corrected chi connectivity index (χ1v) is 11.8. The SMILES string of the molecule is CCN=C(NC(CC)CS(=O)(=O)c1ccccc1)NC1CCOc2ccccc21. The summed E-state index contributed by atoms with van der Waals surface area (Å²) in [5.74, 6) is 1.53. The van der Waals surface area contributed by atoms with Gasteiger partial charge in [0.05, 0.1) is 23.3 Å². The molecule has 0 saturated heterocycles. The van der Waals surface area contributed by atoms with E-state index in [9.17, 15) is 8.42 Å². The lowest BCUT2D eigenvalue weighted by Crippen LogP contribution is -2.47. The number of ether oxygens (including phenoxy) is 1. The largest absolute Gasteiger partial charge is 0.493 e. The summed E-state index contributed by atoms with van der Waals surface area (Å²) in [7, 11) is -3.38. The zero-order valence-electron chi connectivity index (χ0n) is 17.0. The number of para-hydroxylation sites is 1. The van der Waals surface area contributed by atoms with E-state index in [0.29, 0.717) is 30.4 Å². The summed E-state index contributed by atoms with van der Waals surface area (Å²) < 4.78 is 31.3. The van der Waals surface area contributed by atoms with Crippen LogP contribution in [0.25, 0.3) is 0 Å². The molecule has 0 spiro atoms. The molecule has 7 heteroatoms. The standard InChI is InChI=1S/C22H29N3O3S/c1-3-17(16-29(26,27)18-10-6-5-7-11-18)24-22(23-4-2)25-20-14-15-28-21-13-9-8-12-19(20)21/h5-13,17,20H,3-4,14-16H2,1-2H3,(H2,23,24,25). The summed E-state index contributed by atoms with van der Waals surface area (Å²) >= 11 is 0. The van der Waals surface area contributed by atoms with Crippen molar-refractivity contribution in [3.63, 3.8) is 0 Å². The van der Waals surface area contributed by atoms with Gasteiger partial charge in [0.25, 0.3) is 0 Å². The quantitative estimate of drug-likeness (QED) is 0.536. The molecule has 1 aliphatic rings. The first-order chi connectivity index (χ1) is 14.0. The van der Waals surface area contributed by atoms with Gasteiger partial charge in [0, 0.05) is 24.6 Å². The van der Waals surface area contributed by atoms with E-state index < -0.39 is 9.84 Å². The third kappa shape index (κ3) is 5.50. The van der Waals surface area contributed by atoms with E-state index in [4.69, 9.17) is 4.74 Å². The molecule has 2 aromatic carbocycles. The van der Waals surface area contributed by atoms with E-state index in [1.54, 1.807) is 24.3 Å². The molecule has 0 saturated carbocycles. The van der Waals surface area contributed by atoms with Crippen LogP contribution in [0.4, 0.5) is 0 Å². The first kappa shape index (κ1) is 21.2. The number of rotatable bonds is 7. The molecule has 3 rings (SSSR count). The number of sulfone groups is 1. The third-order valence-electron chi connectivity index (χ3n) is 4.94. The Morgan fingerprint density at radius 2 is 1.86 bits per heavy atom. The van der Waals surface area contributed by atoms with Crippen LogP contribution >= 0.6 is 0 Å². The van der Waals surface area contributed by atoms with Crippen molar-refractivity contribution in [1.82, 2.24) is 10.6 Å². The summed E-state index contributed by atoms with van der Waals surface area (Å²) in [6.07, 6.45) is 1.49. The summed E-state index contributed by atoms with van der Waals surface area (Å²) in [4.78, 5) is 4.89. The average molecular weight is 416 g/mol. The van der Waals surface area contributed by atoms with Crippen LogP contribution in [0.15, 0.2) is 64.5 Å². The molecule has 6 nitrogen and oxygen atoms in total. The fraction of sp³-hybridized carbons (Fsp3) is 0.409. The van der Waals surface area contributed by atoms with E-state index in [2.05, 4.69) is 15.6 Å². The van der Waals surface area contributed by atoms with E-state index in [0.717, 1.165) is 17.7 Å². The van der Waals surface area contributed by atoms with Crippen LogP contribution in [0, 0.1) is 0 Å². The maximum absolute atomic E-state index is 12.8. The lowest BCUT2D eigenvalue weighted by molar-refractivity contribution is 0.261. The van der Waals surface area contributed by atoms with Crippen molar-refractivity contribution in [2.75, 3.05) is 18.9 Å². The van der Waals surface area contributed by atoms with Crippen LogP contribution in [-0.2, 0) is 9.84 Å². The maximum Gasteiger partial charge on any atom is 0.191 e. The molecule has 29 heavy (non-hydrogen) atoms. The van der Waals surface area contributed by atoms with Gasteiger partial charge >= 0.3 is 0 Å². The fourth-order valence-corrected chi connectivity index (χ4v) is 5.00. The molecule has 156 valence electrons. The Hall–Kier alpha value is -2.54. The van der Waals surface area contributed by atoms with E-state index in [1.807, 2.05) is 44.2 Å². The van der Waals surface area contributed by atoms with Crippen LogP contribution in [0.5, 0.6) is 5.75 Å². The van der Waals surface area contributed by atoms with Gasteiger partial charge in [0.1, 0.15) is 5.75 Å². The Balaban J connectivity index is 1.72. The van der Waals surface area contributed by atoms with Crippen molar-refractivity contribution in [3.8, 4) is 5.75 Å². The van der Waals surface area contributed by atoms with Gasteiger partial charge in [0.2, 0.25) is 0 Å². The number of hydrogen-bond acceptors (Lipinski definition) is 4. The molecule has 0 aromatic heterocycles. The summed E-state index contributed by atoms with van der Waals surface area (Å²) in [5.41, 5.74) is 1.09. The summed E-state index contributed by atoms with van der Waals surface area (Å²) in [6, 6.07) is 16.4. The van der Waals surface area contributed by atoms with Gasteiger partial charge in [-0.15, -0.1) is 0 Å². The first-order valence-electron chi connectivity index (χ1n) is 10.1. The second-order valence-corrected chi connectivity index (χ2v) is 9.07. The Labute approximate surface area is 173 Å². The zero-order chi connectivity index (χ0) is 20.7. The Morgan fingerprint density at radius 3 is 2.59 bits per heavy atom. The number of benzene rings is 2. The van der Waals surface area contributed by atoms with Gasteiger partial charge in [0.15, 0.2) is 15.8 Å². The predicted octanol–water partition coefficient (Wildman–Crippen LogP) is 3.32. The molecule has 0 aliphatic carbocycles. The third-order valence-corrected chi connectivity index (χ3v) is 6.77. The number of nitrogens with zero attached hydrogens (tertiary/aromatic N) is 1. The molecular weight excluding hydrogens is 386 g/mol. The highest BCUT2D eigenvalue weighted by Gasteiger charge is 2.24. The fourth-order valence-electron chi connectivity index (χ4n) is 3.39. The van der Waals surface area contributed by atoms with Crippen molar-refractivity contribution in [2.45, 2.75) is 43.7 Å². The van der Waals surface area contributed by atoms with E-state index >= 15 is 0 Å². The number of aliphatic imine (C=N–C) groups is 1. The highest BCUT2D eigenvalue weighted by molar-refractivity contribution is 7.91. The van der Waals surface area contributed by atoms with Gasteiger partial charge in [-0.25, -0.2) is 8.42 Å².